The number of carbonyl (C=O) groups is 4. The molecule has 2 unspecified atom stereocenters. The van der Waals surface area contributed by atoms with Gasteiger partial charge in [0.25, 0.3) is 5.91 Å². The number of carboxylic acids is 1. The number of rotatable bonds is 12. The zero-order valence-corrected chi connectivity index (χ0v) is 25.7. The molecule has 0 radical (unpaired) electrons. The number of imidazole rings is 1. The number of aliphatic carboxylic acids is 1. The first-order chi connectivity index (χ1) is 21.7. The Morgan fingerprint density at radius 3 is 2.51 bits per heavy atom. The van der Waals surface area contributed by atoms with Crippen molar-refractivity contribution < 1.29 is 24.3 Å². The maximum absolute atomic E-state index is 14.4. The number of benzene rings is 3. The Kier molecular flexibility index (Phi) is 9.20. The highest BCUT2D eigenvalue weighted by molar-refractivity contribution is 7.98. The quantitative estimate of drug-likeness (QED) is 0.174. The zero-order valence-electron chi connectivity index (χ0n) is 24.8. The molecule has 4 aromatic rings. The molecule has 1 aliphatic heterocycles. The topological polar surface area (TPSA) is 129 Å². The highest BCUT2D eigenvalue weighted by Gasteiger charge is 2.56. The van der Waals surface area contributed by atoms with Crippen molar-refractivity contribution in [1.29, 1.82) is 0 Å². The molecule has 3 aromatic carbocycles. The van der Waals surface area contributed by atoms with Crippen LogP contribution in [-0.4, -0.2) is 72.9 Å². The predicted molar refractivity (Wildman–Crippen MR) is 171 cm³/mol. The first-order valence-electron chi connectivity index (χ1n) is 14.3. The molecule has 1 fully saturated rings. The Labute approximate surface area is 264 Å². The molecule has 2 atom stereocenters. The molecule has 1 aliphatic rings. The van der Waals surface area contributed by atoms with Crippen LogP contribution in [0.3, 0.4) is 0 Å². The van der Waals surface area contributed by atoms with Gasteiger partial charge in [-0.15, -0.1) is 0 Å². The number of hydrogen-bond donors (Lipinski definition) is 2. The van der Waals surface area contributed by atoms with Gasteiger partial charge >= 0.3 is 12.0 Å². The molecule has 0 saturated carbocycles. The summed E-state index contributed by atoms with van der Waals surface area (Å²) in [5, 5.41) is 13.8. The SMILES string of the molecule is [C-]#[N+]c1ccc(Cn2cncc2CN2C(=O)N(CC(=O)NC(CCSC)C(=O)O)C(C)(c3cccc4ccccc34)C2=O)cc1. The van der Waals surface area contributed by atoms with E-state index in [0.29, 0.717) is 29.2 Å². The minimum Gasteiger partial charge on any atom is -0.480 e. The number of amides is 4. The summed E-state index contributed by atoms with van der Waals surface area (Å²) in [5.74, 6) is -1.83. The molecule has 230 valence electrons. The minimum absolute atomic E-state index is 0.0955. The number of fused-ring (bicyclic) bond motifs is 1. The van der Waals surface area contributed by atoms with E-state index in [1.165, 1.54) is 16.7 Å². The van der Waals surface area contributed by atoms with Gasteiger partial charge in [0.2, 0.25) is 5.91 Å². The third-order valence-corrected chi connectivity index (χ3v) is 8.70. The van der Waals surface area contributed by atoms with E-state index in [9.17, 15) is 24.3 Å². The molecule has 45 heavy (non-hydrogen) atoms. The number of nitrogens with zero attached hydrogens (tertiary/aromatic N) is 5. The molecule has 4 amide bonds. The molecular weight excluding hydrogens is 592 g/mol. The van der Waals surface area contributed by atoms with Crippen molar-refractivity contribution in [1.82, 2.24) is 24.7 Å². The number of aromatic nitrogens is 2. The fraction of sp³-hybridized carbons (Fsp3) is 0.273. The van der Waals surface area contributed by atoms with Gasteiger partial charge in [-0.05, 0) is 47.3 Å². The molecule has 12 heteroatoms. The summed E-state index contributed by atoms with van der Waals surface area (Å²) in [6.45, 7) is 8.59. The third-order valence-electron chi connectivity index (χ3n) is 8.06. The van der Waals surface area contributed by atoms with Crippen molar-refractivity contribution >= 4 is 52.0 Å². The Morgan fingerprint density at radius 2 is 1.80 bits per heavy atom. The lowest BCUT2D eigenvalue weighted by Crippen LogP contribution is -2.51. The lowest BCUT2D eigenvalue weighted by molar-refractivity contribution is -0.142. The Hall–Kier alpha value is -5.15. The van der Waals surface area contributed by atoms with Crippen LogP contribution in [0.4, 0.5) is 10.5 Å². The lowest BCUT2D eigenvalue weighted by Gasteiger charge is -2.33. The van der Waals surface area contributed by atoms with Crippen LogP contribution in [-0.2, 0) is 33.0 Å². The number of imide groups is 1. The number of hydrogen-bond acceptors (Lipinski definition) is 6. The van der Waals surface area contributed by atoms with Crippen molar-refractivity contribution in [3.63, 3.8) is 0 Å². The average Bonchev–Trinajstić information content (AvgIpc) is 3.55. The number of thioether (sulfide) groups is 1. The van der Waals surface area contributed by atoms with Gasteiger partial charge in [-0.3, -0.25) is 19.4 Å². The van der Waals surface area contributed by atoms with E-state index in [4.69, 9.17) is 6.57 Å². The monoisotopic (exact) mass is 624 g/mol. The summed E-state index contributed by atoms with van der Waals surface area (Å²) in [7, 11) is 0. The summed E-state index contributed by atoms with van der Waals surface area (Å²) >= 11 is 1.46. The van der Waals surface area contributed by atoms with E-state index < -0.39 is 41.9 Å². The van der Waals surface area contributed by atoms with E-state index >= 15 is 0 Å². The minimum atomic E-state index is -1.56. The second kappa shape index (κ2) is 13.2. The largest absolute Gasteiger partial charge is 0.480 e. The van der Waals surface area contributed by atoms with Crippen molar-refractivity contribution in [2.45, 2.75) is 38.0 Å². The Bertz CT molecular complexity index is 1790. The maximum atomic E-state index is 14.4. The molecular formula is C33H32N6O5S. The van der Waals surface area contributed by atoms with Crippen LogP contribution >= 0.6 is 11.8 Å². The Morgan fingerprint density at radius 1 is 1.07 bits per heavy atom. The highest BCUT2D eigenvalue weighted by atomic mass is 32.2. The predicted octanol–water partition coefficient (Wildman–Crippen LogP) is 4.64. The van der Waals surface area contributed by atoms with E-state index in [-0.39, 0.29) is 13.0 Å². The second-order valence-corrected chi connectivity index (χ2v) is 11.9. The van der Waals surface area contributed by atoms with Gasteiger partial charge in [0, 0.05) is 12.7 Å². The van der Waals surface area contributed by atoms with Gasteiger partial charge < -0.3 is 15.0 Å². The van der Waals surface area contributed by atoms with Crippen molar-refractivity contribution in [2.24, 2.45) is 0 Å². The average molecular weight is 625 g/mol. The molecule has 2 N–H and O–H groups in total. The van der Waals surface area contributed by atoms with Crippen LogP contribution in [0.1, 0.15) is 30.2 Å². The fourth-order valence-corrected chi connectivity index (χ4v) is 6.08. The molecule has 1 aromatic heterocycles. The zero-order chi connectivity index (χ0) is 32.1. The first-order valence-corrected chi connectivity index (χ1v) is 15.6. The van der Waals surface area contributed by atoms with Crippen molar-refractivity contribution in [3.05, 3.63) is 107 Å². The molecule has 5 rings (SSSR count). The highest BCUT2D eigenvalue weighted by Crippen LogP contribution is 2.41. The maximum Gasteiger partial charge on any atom is 0.328 e. The molecule has 2 heterocycles. The van der Waals surface area contributed by atoms with E-state index in [1.807, 2.05) is 53.3 Å². The van der Waals surface area contributed by atoms with Crippen LogP contribution in [0.2, 0.25) is 0 Å². The smallest absolute Gasteiger partial charge is 0.328 e. The summed E-state index contributed by atoms with van der Waals surface area (Å²) in [6.07, 6.45) is 5.25. The number of carboxylic acid groups (broad SMARTS) is 1. The summed E-state index contributed by atoms with van der Waals surface area (Å²) in [6, 6.07) is 18.3. The van der Waals surface area contributed by atoms with Crippen LogP contribution < -0.4 is 5.32 Å². The normalized spacial score (nSPS) is 17.0. The van der Waals surface area contributed by atoms with Crippen molar-refractivity contribution in [2.75, 3.05) is 18.6 Å². The molecule has 1 saturated heterocycles. The van der Waals surface area contributed by atoms with E-state index in [0.717, 1.165) is 21.2 Å². The number of urea groups is 1. The second-order valence-electron chi connectivity index (χ2n) is 10.9. The summed E-state index contributed by atoms with van der Waals surface area (Å²) in [5.41, 5.74) is 1.02. The lowest BCUT2D eigenvalue weighted by atomic mass is 9.86. The van der Waals surface area contributed by atoms with Crippen LogP contribution in [0.25, 0.3) is 15.6 Å². The van der Waals surface area contributed by atoms with Crippen LogP contribution in [0, 0.1) is 6.57 Å². The first kappa shape index (κ1) is 31.3. The number of nitrogens with one attached hydrogen (secondary N) is 1. The molecule has 11 nitrogen and oxygen atoms in total. The van der Waals surface area contributed by atoms with E-state index in [2.05, 4.69) is 15.1 Å². The van der Waals surface area contributed by atoms with Crippen LogP contribution in [0.5, 0.6) is 0 Å². The summed E-state index contributed by atoms with van der Waals surface area (Å²) < 4.78 is 1.82. The van der Waals surface area contributed by atoms with Gasteiger partial charge in [0.05, 0.1) is 25.1 Å². The van der Waals surface area contributed by atoms with E-state index in [1.54, 1.807) is 43.7 Å². The summed E-state index contributed by atoms with van der Waals surface area (Å²) in [4.78, 5) is 63.6. The van der Waals surface area contributed by atoms with Crippen LogP contribution in [0.15, 0.2) is 79.3 Å². The molecule has 0 spiro atoms. The molecule has 0 bridgehead atoms. The Balaban J connectivity index is 1.48. The van der Waals surface area contributed by atoms with Gasteiger partial charge in [0.1, 0.15) is 18.1 Å². The fourth-order valence-electron chi connectivity index (χ4n) is 5.61. The molecule has 0 aliphatic carbocycles. The van der Waals surface area contributed by atoms with Gasteiger partial charge in [-0.2, -0.15) is 11.8 Å². The van der Waals surface area contributed by atoms with Crippen molar-refractivity contribution in [3.8, 4) is 0 Å². The standard InChI is InChI=1S/C33H32N6O5S/c1-33(27-10-6-8-23-7-4-5-9-26(23)27)31(43)38(32(44)39(33)20-29(40)36-28(30(41)42)15-16-45-3)19-25-17-35-21-37(25)18-22-11-13-24(34-2)14-12-22/h4-14,17,21,28H,15-16,18-20H2,1,3H3,(H,36,40)(H,41,42). The van der Waals surface area contributed by atoms with Gasteiger partial charge in [-0.1, -0.05) is 66.7 Å². The van der Waals surface area contributed by atoms with Gasteiger partial charge in [-0.25, -0.2) is 19.4 Å². The number of carbonyl (C=O) groups excluding carboxylic acids is 3. The van der Waals surface area contributed by atoms with Gasteiger partial charge in [0.15, 0.2) is 5.69 Å². The third kappa shape index (κ3) is 6.25.